The van der Waals surface area contributed by atoms with E-state index in [4.69, 9.17) is 0 Å². The maximum atomic E-state index is 13.1. The molecule has 3 aliphatic rings. The van der Waals surface area contributed by atoms with E-state index < -0.39 is 0 Å². The van der Waals surface area contributed by atoms with Crippen LogP contribution in [0.4, 0.5) is 0 Å². The first kappa shape index (κ1) is 16.5. The highest BCUT2D eigenvalue weighted by Crippen LogP contribution is 2.38. The van der Waals surface area contributed by atoms with Crippen molar-refractivity contribution in [1.82, 2.24) is 20.0 Å². The van der Waals surface area contributed by atoms with Gasteiger partial charge in [-0.15, -0.1) is 0 Å². The topological polar surface area (TPSA) is 69.3 Å². The average molecular weight is 364 g/mol. The fraction of sp³-hybridized carbons (Fsp3) is 0.476. The molecule has 2 amide bonds. The maximum Gasteiger partial charge on any atom is 0.254 e. The molecule has 0 radical (unpaired) electrons. The first-order chi connectivity index (χ1) is 13.2. The molecular formula is C21H24N4O2. The number of carbonyl (C=O) groups is 2. The smallest absolute Gasteiger partial charge is 0.254 e. The quantitative estimate of drug-likeness (QED) is 0.910. The lowest BCUT2D eigenvalue weighted by molar-refractivity contribution is -0.131. The summed E-state index contributed by atoms with van der Waals surface area (Å²) in [6.07, 6.45) is 7.79. The van der Waals surface area contributed by atoms with Crippen molar-refractivity contribution in [3.05, 3.63) is 42.1 Å². The Kier molecular flexibility index (Phi) is 3.99. The van der Waals surface area contributed by atoms with Gasteiger partial charge < -0.3 is 9.80 Å². The van der Waals surface area contributed by atoms with E-state index in [0.717, 1.165) is 37.1 Å². The van der Waals surface area contributed by atoms with Crippen LogP contribution >= 0.6 is 0 Å². The Morgan fingerprint density at radius 2 is 1.81 bits per heavy atom. The van der Waals surface area contributed by atoms with E-state index in [9.17, 15) is 9.59 Å². The number of amides is 2. The third-order valence-electron chi connectivity index (χ3n) is 6.46. The summed E-state index contributed by atoms with van der Waals surface area (Å²) in [5.74, 6) is 0.281. The third kappa shape index (κ3) is 2.74. The Balaban J connectivity index is 1.33. The SMILES string of the molecule is O=C(c1ccc(-c2ccn[nH]2)cc1)N1CC[C@H]2[C@@H]1CC(=O)N2C1CCCC1. The zero-order chi connectivity index (χ0) is 18.4. The number of rotatable bonds is 3. The molecule has 1 aromatic carbocycles. The van der Waals surface area contributed by atoms with E-state index in [-0.39, 0.29) is 23.9 Å². The van der Waals surface area contributed by atoms with Gasteiger partial charge in [0, 0.05) is 30.8 Å². The summed E-state index contributed by atoms with van der Waals surface area (Å²) in [5.41, 5.74) is 2.63. The van der Waals surface area contributed by atoms with E-state index in [1.807, 2.05) is 35.2 Å². The average Bonchev–Trinajstić information content (AvgIpc) is 3.46. The molecule has 5 rings (SSSR count). The minimum atomic E-state index is 0.0397. The van der Waals surface area contributed by atoms with Crippen molar-refractivity contribution < 1.29 is 9.59 Å². The third-order valence-corrected chi connectivity index (χ3v) is 6.46. The van der Waals surface area contributed by atoms with Gasteiger partial charge in [-0.1, -0.05) is 25.0 Å². The molecule has 1 aromatic heterocycles. The number of nitrogens with zero attached hydrogens (tertiary/aromatic N) is 3. The molecule has 2 aliphatic heterocycles. The van der Waals surface area contributed by atoms with Crippen LogP contribution < -0.4 is 0 Å². The number of aromatic nitrogens is 2. The number of aromatic amines is 1. The van der Waals surface area contributed by atoms with Crippen molar-refractivity contribution in [1.29, 1.82) is 0 Å². The maximum absolute atomic E-state index is 13.1. The van der Waals surface area contributed by atoms with Gasteiger partial charge in [0.1, 0.15) is 0 Å². The zero-order valence-corrected chi connectivity index (χ0v) is 15.3. The van der Waals surface area contributed by atoms with E-state index in [1.165, 1.54) is 12.8 Å². The molecule has 1 N–H and O–H groups in total. The van der Waals surface area contributed by atoms with Gasteiger partial charge in [0.05, 0.1) is 17.8 Å². The summed E-state index contributed by atoms with van der Waals surface area (Å²) in [7, 11) is 0. The van der Waals surface area contributed by atoms with Crippen molar-refractivity contribution >= 4 is 11.8 Å². The van der Waals surface area contributed by atoms with Crippen LogP contribution in [0.25, 0.3) is 11.3 Å². The van der Waals surface area contributed by atoms with Crippen LogP contribution in [-0.4, -0.2) is 56.5 Å². The van der Waals surface area contributed by atoms with Crippen LogP contribution in [0, 0.1) is 0 Å². The van der Waals surface area contributed by atoms with Gasteiger partial charge >= 0.3 is 0 Å². The lowest BCUT2D eigenvalue weighted by Crippen LogP contribution is -2.43. The second-order valence-corrected chi connectivity index (χ2v) is 7.91. The first-order valence-corrected chi connectivity index (χ1v) is 9.94. The van der Waals surface area contributed by atoms with Gasteiger partial charge in [-0.2, -0.15) is 5.10 Å². The Hall–Kier alpha value is -2.63. The second kappa shape index (κ2) is 6.51. The zero-order valence-electron chi connectivity index (χ0n) is 15.3. The number of hydrogen-bond acceptors (Lipinski definition) is 3. The Morgan fingerprint density at radius 1 is 1.04 bits per heavy atom. The summed E-state index contributed by atoms with van der Waals surface area (Å²) in [4.78, 5) is 29.8. The lowest BCUT2D eigenvalue weighted by Gasteiger charge is -2.30. The Bertz CT molecular complexity index is 840. The van der Waals surface area contributed by atoms with Gasteiger partial charge in [0.15, 0.2) is 0 Å². The molecule has 6 heteroatoms. The molecule has 1 saturated carbocycles. The standard InChI is InChI=1S/C21H24N4O2/c26-20-13-19-18(25(20)16-3-1-2-4-16)10-12-24(19)21(27)15-7-5-14(6-8-15)17-9-11-22-23-17/h5-9,11,16,18-19H,1-4,10,12-13H2,(H,22,23)/t18-,19-/m0/s1. The second-order valence-electron chi connectivity index (χ2n) is 7.91. The largest absolute Gasteiger partial charge is 0.335 e. The van der Waals surface area contributed by atoms with Gasteiger partial charge in [-0.05, 0) is 43.0 Å². The molecule has 0 spiro atoms. The van der Waals surface area contributed by atoms with Gasteiger partial charge in [0.2, 0.25) is 5.91 Å². The highest BCUT2D eigenvalue weighted by molar-refractivity contribution is 5.96. The predicted molar refractivity (Wildman–Crippen MR) is 101 cm³/mol. The van der Waals surface area contributed by atoms with Crippen LogP contribution in [0.15, 0.2) is 36.5 Å². The minimum Gasteiger partial charge on any atom is -0.335 e. The molecular weight excluding hydrogens is 340 g/mol. The van der Waals surface area contributed by atoms with Crippen LogP contribution in [0.2, 0.25) is 0 Å². The van der Waals surface area contributed by atoms with Crippen molar-refractivity contribution in [2.24, 2.45) is 0 Å². The molecule has 27 heavy (non-hydrogen) atoms. The van der Waals surface area contributed by atoms with Crippen molar-refractivity contribution in [3.8, 4) is 11.3 Å². The molecule has 0 unspecified atom stereocenters. The van der Waals surface area contributed by atoms with E-state index >= 15 is 0 Å². The minimum absolute atomic E-state index is 0.0397. The molecule has 1 aliphatic carbocycles. The monoisotopic (exact) mass is 364 g/mol. The highest BCUT2D eigenvalue weighted by Gasteiger charge is 2.50. The number of carbonyl (C=O) groups excluding carboxylic acids is 2. The van der Waals surface area contributed by atoms with Gasteiger partial charge in [-0.3, -0.25) is 14.7 Å². The molecule has 3 fully saturated rings. The van der Waals surface area contributed by atoms with E-state index in [0.29, 0.717) is 18.0 Å². The first-order valence-electron chi connectivity index (χ1n) is 9.94. The number of fused-ring (bicyclic) bond motifs is 1. The summed E-state index contributed by atoms with van der Waals surface area (Å²) in [6.45, 7) is 0.743. The summed E-state index contributed by atoms with van der Waals surface area (Å²) in [6, 6.07) is 10.2. The fourth-order valence-corrected chi connectivity index (χ4v) is 5.16. The number of likely N-dealkylation sites (tertiary alicyclic amines) is 2. The molecule has 6 nitrogen and oxygen atoms in total. The number of benzene rings is 1. The fourth-order valence-electron chi connectivity index (χ4n) is 5.16. The molecule has 140 valence electrons. The molecule has 2 saturated heterocycles. The summed E-state index contributed by atoms with van der Waals surface area (Å²) in [5, 5.41) is 6.90. The molecule has 2 atom stereocenters. The van der Waals surface area contributed by atoms with Crippen LogP contribution in [0.1, 0.15) is 48.9 Å². The van der Waals surface area contributed by atoms with E-state index in [1.54, 1.807) is 6.20 Å². The highest BCUT2D eigenvalue weighted by atomic mass is 16.2. The van der Waals surface area contributed by atoms with Crippen molar-refractivity contribution in [2.75, 3.05) is 6.54 Å². The Labute approximate surface area is 158 Å². The van der Waals surface area contributed by atoms with E-state index in [2.05, 4.69) is 15.1 Å². The van der Waals surface area contributed by atoms with Crippen molar-refractivity contribution in [3.63, 3.8) is 0 Å². The summed E-state index contributed by atoms with van der Waals surface area (Å²) >= 11 is 0. The number of hydrogen-bond donors (Lipinski definition) is 1. The molecule has 0 bridgehead atoms. The van der Waals surface area contributed by atoms with Crippen LogP contribution in [-0.2, 0) is 4.79 Å². The van der Waals surface area contributed by atoms with Gasteiger partial charge in [-0.25, -0.2) is 0 Å². The molecule has 2 aromatic rings. The predicted octanol–water partition coefficient (Wildman–Crippen LogP) is 2.83. The number of nitrogens with one attached hydrogen (secondary N) is 1. The lowest BCUT2D eigenvalue weighted by atomic mass is 10.1. The summed E-state index contributed by atoms with van der Waals surface area (Å²) < 4.78 is 0. The van der Waals surface area contributed by atoms with Crippen LogP contribution in [0.3, 0.4) is 0 Å². The molecule has 3 heterocycles. The van der Waals surface area contributed by atoms with Gasteiger partial charge in [0.25, 0.3) is 5.91 Å². The van der Waals surface area contributed by atoms with Crippen LogP contribution in [0.5, 0.6) is 0 Å². The number of H-pyrrole nitrogens is 1. The normalized spacial score (nSPS) is 25.4. The Morgan fingerprint density at radius 3 is 2.52 bits per heavy atom. The van der Waals surface area contributed by atoms with Crippen molar-refractivity contribution in [2.45, 2.75) is 56.7 Å².